The van der Waals surface area contributed by atoms with Gasteiger partial charge in [-0.3, -0.25) is 4.79 Å². The number of hydrogen-bond acceptors (Lipinski definition) is 2. The van der Waals surface area contributed by atoms with Crippen molar-refractivity contribution >= 4 is 5.97 Å². The van der Waals surface area contributed by atoms with Gasteiger partial charge in [-0.15, -0.1) is 0 Å². The molecule has 0 aliphatic heterocycles. The highest BCUT2D eigenvalue weighted by atomic mass is 16.4. The zero-order valence-electron chi connectivity index (χ0n) is 9.73. The van der Waals surface area contributed by atoms with E-state index in [2.05, 4.69) is 0 Å². The van der Waals surface area contributed by atoms with E-state index in [9.17, 15) is 9.90 Å². The van der Waals surface area contributed by atoms with Gasteiger partial charge in [-0.2, -0.15) is 0 Å². The van der Waals surface area contributed by atoms with Crippen molar-refractivity contribution < 1.29 is 15.0 Å². The summed E-state index contributed by atoms with van der Waals surface area (Å²) in [4.78, 5) is 11.2. The standard InChI is InChI=1S/C13H18O3/c1-3-8-13(2,12(15)16)9-10-4-6-11(14)7-5-10/h4-7,14H,3,8-9H2,1-2H3,(H,15,16). The summed E-state index contributed by atoms with van der Waals surface area (Å²) in [5, 5.41) is 18.4. The summed E-state index contributed by atoms with van der Waals surface area (Å²) < 4.78 is 0. The van der Waals surface area contributed by atoms with Crippen LogP contribution in [0.5, 0.6) is 5.75 Å². The van der Waals surface area contributed by atoms with Gasteiger partial charge in [0, 0.05) is 0 Å². The summed E-state index contributed by atoms with van der Waals surface area (Å²) in [6, 6.07) is 6.71. The van der Waals surface area contributed by atoms with Crippen LogP contribution in [0.4, 0.5) is 0 Å². The van der Waals surface area contributed by atoms with Crippen molar-refractivity contribution in [3.05, 3.63) is 29.8 Å². The second-order valence-corrected chi connectivity index (χ2v) is 4.46. The molecule has 0 saturated carbocycles. The van der Waals surface area contributed by atoms with Gasteiger partial charge in [0.15, 0.2) is 0 Å². The molecule has 1 unspecified atom stereocenters. The zero-order chi connectivity index (χ0) is 12.2. The molecule has 3 nitrogen and oxygen atoms in total. The van der Waals surface area contributed by atoms with Gasteiger partial charge in [-0.1, -0.05) is 25.5 Å². The molecule has 0 bridgehead atoms. The third kappa shape index (κ3) is 2.99. The third-order valence-electron chi connectivity index (χ3n) is 2.85. The van der Waals surface area contributed by atoms with Crippen LogP contribution >= 0.6 is 0 Å². The molecule has 0 saturated heterocycles. The molecule has 16 heavy (non-hydrogen) atoms. The predicted octanol–water partition coefficient (Wildman–Crippen LogP) is 2.83. The van der Waals surface area contributed by atoms with Crippen molar-refractivity contribution in [3.8, 4) is 5.75 Å². The van der Waals surface area contributed by atoms with Crippen LogP contribution in [-0.2, 0) is 11.2 Å². The number of aromatic hydroxyl groups is 1. The number of benzene rings is 1. The summed E-state index contributed by atoms with van der Waals surface area (Å²) >= 11 is 0. The van der Waals surface area contributed by atoms with Gasteiger partial charge < -0.3 is 10.2 Å². The Morgan fingerprint density at radius 3 is 2.31 bits per heavy atom. The lowest BCUT2D eigenvalue weighted by atomic mass is 9.80. The number of hydrogen-bond donors (Lipinski definition) is 2. The molecule has 1 atom stereocenters. The lowest BCUT2D eigenvalue weighted by Crippen LogP contribution is -2.29. The van der Waals surface area contributed by atoms with E-state index in [4.69, 9.17) is 5.11 Å². The minimum absolute atomic E-state index is 0.205. The molecule has 1 aromatic carbocycles. The van der Waals surface area contributed by atoms with Crippen molar-refractivity contribution in [2.24, 2.45) is 5.41 Å². The van der Waals surface area contributed by atoms with Gasteiger partial charge in [0.25, 0.3) is 0 Å². The number of carboxylic acids is 1. The maximum Gasteiger partial charge on any atom is 0.309 e. The second kappa shape index (κ2) is 5.01. The molecule has 0 aromatic heterocycles. The molecule has 0 heterocycles. The first-order valence-electron chi connectivity index (χ1n) is 5.49. The maximum absolute atomic E-state index is 11.2. The highest BCUT2D eigenvalue weighted by Crippen LogP contribution is 2.29. The maximum atomic E-state index is 11.2. The third-order valence-corrected chi connectivity index (χ3v) is 2.85. The Bertz CT molecular complexity index is 356. The second-order valence-electron chi connectivity index (χ2n) is 4.46. The topological polar surface area (TPSA) is 57.5 Å². The van der Waals surface area contributed by atoms with Crippen LogP contribution in [0, 0.1) is 5.41 Å². The van der Waals surface area contributed by atoms with Crippen LogP contribution in [-0.4, -0.2) is 16.2 Å². The van der Waals surface area contributed by atoms with Crippen molar-refractivity contribution in [2.45, 2.75) is 33.1 Å². The van der Waals surface area contributed by atoms with Crippen LogP contribution in [0.15, 0.2) is 24.3 Å². The summed E-state index contributed by atoms with van der Waals surface area (Å²) in [5.74, 6) is -0.557. The molecule has 0 amide bonds. The first-order valence-corrected chi connectivity index (χ1v) is 5.49. The molecule has 1 rings (SSSR count). The first kappa shape index (κ1) is 12.6. The van der Waals surface area contributed by atoms with E-state index < -0.39 is 11.4 Å². The fourth-order valence-corrected chi connectivity index (χ4v) is 1.89. The molecular weight excluding hydrogens is 204 g/mol. The molecule has 0 aliphatic rings. The monoisotopic (exact) mass is 222 g/mol. The van der Waals surface area contributed by atoms with E-state index in [1.165, 1.54) is 0 Å². The Hall–Kier alpha value is -1.51. The van der Waals surface area contributed by atoms with Crippen molar-refractivity contribution in [1.82, 2.24) is 0 Å². The van der Waals surface area contributed by atoms with Crippen LogP contribution < -0.4 is 0 Å². The van der Waals surface area contributed by atoms with E-state index >= 15 is 0 Å². The first-order chi connectivity index (χ1) is 7.48. The largest absolute Gasteiger partial charge is 0.508 e. The number of phenolic OH excluding ortho intramolecular Hbond substituents is 1. The fraction of sp³-hybridized carbons (Fsp3) is 0.462. The molecule has 0 radical (unpaired) electrons. The highest BCUT2D eigenvalue weighted by molar-refractivity contribution is 5.74. The average Bonchev–Trinajstić information content (AvgIpc) is 2.22. The van der Waals surface area contributed by atoms with Crippen LogP contribution in [0.25, 0.3) is 0 Å². The van der Waals surface area contributed by atoms with Gasteiger partial charge >= 0.3 is 5.97 Å². The Kier molecular flexibility index (Phi) is 3.93. The summed E-state index contributed by atoms with van der Waals surface area (Å²) in [6.45, 7) is 3.75. The minimum atomic E-state index is -0.762. The molecule has 3 heteroatoms. The Morgan fingerprint density at radius 1 is 1.31 bits per heavy atom. The SMILES string of the molecule is CCCC(C)(Cc1ccc(O)cc1)C(=O)O. The smallest absolute Gasteiger partial charge is 0.309 e. The zero-order valence-corrected chi connectivity index (χ0v) is 9.73. The van der Waals surface area contributed by atoms with E-state index in [-0.39, 0.29) is 5.75 Å². The predicted molar refractivity (Wildman–Crippen MR) is 62.5 cm³/mol. The number of phenols is 1. The molecule has 0 aliphatic carbocycles. The van der Waals surface area contributed by atoms with Crippen LogP contribution in [0.3, 0.4) is 0 Å². The van der Waals surface area contributed by atoms with Gasteiger partial charge in [-0.05, 0) is 37.5 Å². The molecule has 0 fully saturated rings. The fourth-order valence-electron chi connectivity index (χ4n) is 1.89. The lowest BCUT2D eigenvalue weighted by Gasteiger charge is -2.24. The summed E-state index contributed by atoms with van der Waals surface area (Å²) in [5.41, 5.74) is 0.224. The summed E-state index contributed by atoms with van der Waals surface area (Å²) in [7, 11) is 0. The van der Waals surface area contributed by atoms with Gasteiger partial charge in [0.1, 0.15) is 5.75 Å². The Morgan fingerprint density at radius 2 is 1.88 bits per heavy atom. The van der Waals surface area contributed by atoms with Gasteiger partial charge in [0.05, 0.1) is 5.41 Å². The number of carboxylic acid groups (broad SMARTS) is 1. The van der Waals surface area contributed by atoms with Crippen molar-refractivity contribution in [2.75, 3.05) is 0 Å². The number of rotatable bonds is 5. The minimum Gasteiger partial charge on any atom is -0.508 e. The quantitative estimate of drug-likeness (QED) is 0.805. The Balaban J connectivity index is 2.83. The Labute approximate surface area is 95.7 Å². The molecule has 2 N–H and O–H groups in total. The molecular formula is C13H18O3. The van der Waals surface area contributed by atoms with E-state index in [1.807, 2.05) is 6.92 Å². The van der Waals surface area contributed by atoms with Crippen LogP contribution in [0.2, 0.25) is 0 Å². The van der Waals surface area contributed by atoms with E-state index in [0.717, 1.165) is 12.0 Å². The van der Waals surface area contributed by atoms with Gasteiger partial charge in [-0.25, -0.2) is 0 Å². The molecule has 88 valence electrons. The average molecular weight is 222 g/mol. The highest BCUT2D eigenvalue weighted by Gasteiger charge is 2.32. The lowest BCUT2D eigenvalue weighted by molar-refractivity contribution is -0.148. The van der Waals surface area contributed by atoms with Gasteiger partial charge in [0.2, 0.25) is 0 Å². The summed E-state index contributed by atoms with van der Waals surface area (Å²) in [6.07, 6.45) is 2.00. The normalized spacial score (nSPS) is 14.4. The van der Waals surface area contributed by atoms with E-state index in [1.54, 1.807) is 31.2 Å². The van der Waals surface area contributed by atoms with Crippen LogP contribution in [0.1, 0.15) is 32.3 Å². The molecule has 0 spiro atoms. The number of carbonyl (C=O) groups is 1. The van der Waals surface area contributed by atoms with Crippen molar-refractivity contribution in [1.29, 1.82) is 0 Å². The molecule has 1 aromatic rings. The van der Waals surface area contributed by atoms with E-state index in [0.29, 0.717) is 12.8 Å². The number of aliphatic carboxylic acids is 1. The van der Waals surface area contributed by atoms with Crippen molar-refractivity contribution in [3.63, 3.8) is 0 Å².